The zero-order valence-corrected chi connectivity index (χ0v) is 19.0. The van der Waals surface area contributed by atoms with Crippen molar-refractivity contribution in [2.45, 2.75) is 63.0 Å². The molecule has 0 spiro atoms. The first-order valence-electron chi connectivity index (χ1n) is 11.7. The molecule has 3 aliphatic heterocycles. The molecule has 5 rings (SSSR count). The number of carbonyl (C=O) groups is 1. The summed E-state index contributed by atoms with van der Waals surface area (Å²) >= 11 is 0. The number of carbonyl (C=O) groups excluding carboxylic acids is 1. The second-order valence-electron chi connectivity index (χ2n) is 9.53. The summed E-state index contributed by atoms with van der Waals surface area (Å²) < 4.78 is 19.8. The quantitative estimate of drug-likeness (QED) is 0.784. The molecule has 3 aliphatic rings. The van der Waals surface area contributed by atoms with Gasteiger partial charge in [0.05, 0.1) is 12.6 Å². The lowest BCUT2D eigenvalue weighted by Gasteiger charge is -2.51. The van der Waals surface area contributed by atoms with Crippen molar-refractivity contribution >= 4 is 5.91 Å². The van der Waals surface area contributed by atoms with Gasteiger partial charge in [0.2, 0.25) is 0 Å². The standard InChI is InChI=1S/C26H32FN3O2/c1-16-17(2)29(3)23-15-32-24(14-22(23)28-16)26(31)30-13-12-18-6-4-5-7-21(18)25(30)19-8-10-20(27)11-9-19/h4-11,16-17,22-25,28H,12-15H2,1-3H3/t16-,17-,22+,23-,24-,25+/m1/s1. The minimum Gasteiger partial charge on any atom is -0.367 e. The second-order valence-corrected chi connectivity index (χ2v) is 9.53. The Balaban J connectivity index is 1.42. The second kappa shape index (κ2) is 8.58. The summed E-state index contributed by atoms with van der Waals surface area (Å²) in [4.78, 5) is 18.1. The molecule has 3 heterocycles. The van der Waals surface area contributed by atoms with Crippen LogP contribution in [-0.4, -0.2) is 66.2 Å². The molecule has 2 aromatic carbocycles. The van der Waals surface area contributed by atoms with Crippen LogP contribution in [0.5, 0.6) is 0 Å². The number of piperazine rings is 1. The third kappa shape index (κ3) is 3.74. The van der Waals surface area contributed by atoms with Gasteiger partial charge in [-0.05, 0) is 62.6 Å². The Kier molecular flexibility index (Phi) is 5.78. The predicted octanol–water partition coefficient (Wildman–Crippen LogP) is 3.14. The minimum atomic E-state index is -0.467. The van der Waals surface area contributed by atoms with Crippen LogP contribution in [0.4, 0.5) is 4.39 Å². The molecule has 32 heavy (non-hydrogen) atoms. The van der Waals surface area contributed by atoms with Crippen molar-refractivity contribution in [3.63, 3.8) is 0 Å². The summed E-state index contributed by atoms with van der Waals surface area (Å²) in [5.41, 5.74) is 3.29. The number of nitrogens with one attached hydrogen (secondary N) is 1. The third-order valence-electron chi connectivity index (χ3n) is 7.79. The first kappa shape index (κ1) is 21.6. The molecule has 0 aliphatic carbocycles. The molecule has 1 N–H and O–H groups in total. The van der Waals surface area contributed by atoms with E-state index in [9.17, 15) is 9.18 Å². The van der Waals surface area contributed by atoms with Crippen molar-refractivity contribution in [3.8, 4) is 0 Å². The highest BCUT2D eigenvalue weighted by Gasteiger charge is 2.45. The molecule has 0 radical (unpaired) electrons. The number of likely N-dealkylation sites (N-methyl/N-ethyl adjacent to an activating group) is 1. The summed E-state index contributed by atoms with van der Waals surface area (Å²) in [6, 6.07) is 15.9. The van der Waals surface area contributed by atoms with E-state index >= 15 is 0 Å². The van der Waals surface area contributed by atoms with Gasteiger partial charge in [0.1, 0.15) is 11.9 Å². The highest BCUT2D eigenvalue weighted by Crippen LogP contribution is 2.37. The lowest BCUT2D eigenvalue weighted by atomic mass is 9.86. The minimum absolute atomic E-state index is 0.0306. The zero-order valence-electron chi connectivity index (χ0n) is 19.0. The van der Waals surface area contributed by atoms with Crippen LogP contribution in [0.2, 0.25) is 0 Å². The number of fused-ring (bicyclic) bond motifs is 2. The van der Waals surface area contributed by atoms with Gasteiger partial charge in [-0.25, -0.2) is 4.39 Å². The summed E-state index contributed by atoms with van der Waals surface area (Å²) in [7, 11) is 2.15. The van der Waals surface area contributed by atoms with Gasteiger partial charge in [-0.2, -0.15) is 0 Å². The lowest BCUT2D eigenvalue weighted by molar-refractivity contribution is -0.155. The van der Waals surface area contributed by atoms with Crippen LogP contribution < -0.4 is 5.32 Å². The van der Waals surface area contributed by atoms with Crippen LogP contribution in [0.3, 0.4) is 0 Å². The van der Waals surface area contributed by atoms with Crippen LogP contribution in [0, 0.1) is 5.82 Å². The molecule has 5 nitrogen and oxygen atoms in total. The van der Waals surface area contributed by atoms with Crippen LogP contribution in [0.1, 0.15) is 43.0 Å². The van der Waals surface area contributed by atoms with Crippen LogP contribution >= 0.6 is 0 Å². The Morgan fingerprint density at radius 3 is 2.66 bits per heavy atom. The van der Waals surface area contributed by atoms with Crippen molar-refractivity contribution in [2.75, 3.05) is 20.2 Å². The summed E-state index contributed by atoms with van der Waals surface area (Å²) in [6.07, 6.45) is 1.01. The first-order chi connectivity index (χ1) is 15.4. The van der Waals surface area contributed by atoms with Gasteiger partial charge in [-0.15, -0.1) is 0 Å². The zero-order chi connectivity index (χ0) is 22.4. The van der Waals surface area contributed by atoms with Crippen molar-refractivity contribution in [3.05, 3.63) is 71.0 Å². The molecule has 170 valence electrons. The van der Waals surface area contributed by atoms with E-state index in [4.69, 9.17) is 4.74 Å². The average molecular weight is 438 g/mol. The molecule has 0 saturated carbocycles. The van der Waals surface area contributed by atoms with Gasteiger partial charge >= 0.3 is 0 Å². The highest BCUT2D eigenvalue weighted by molar-refractivity contribution is 5.82. The van der Waals surface area contributed by atoms with Gasteiger partial charge in [-0.3, -0.25) is 9.69 Å². The molecule has 0 bridgehead atoms. The Labute approximate surface area is 189 Å². The fourth-order valence-corrected chi connectivity index (χ4v) is 5.66. The molecule has 2 fully saturated rings. The summed E-state index contributed by atoms with van der Waals surface area (Å²) in [6.45, 7) is 5.61. The number of ether oxygens (including phenoxy) is 1. The van der Waals surface area contributed by atoms with Gasteiger partial charge in [0.25, 0.3) is 5.91 Å². The van der Waals surface area contributed by atoms with E-state index in [1.165, 1.54) is 17.7 Å². The number of amides is 1. The number of nitrogens with zero attached hydrogens (tertiary/aromatic N) is 2. The van der Waals surface area contributed by atoms with Crippen molar-refractivity contribution in [1.29, 1.82) is 0 Å². The molecule has 0 unspecified atom stereocenters. The monoisotopic (exact) mass is 437 g/mol. The average Bonchev–Trinajstić information content (AvgIpc) is 2.82. The van der Waals surface area contributed by atoms with E-state index in [1.54, 1.807) is 12.1 Å². The Morgan fingerprint density at radius 2 is 1.88 bits per heavy atom. The van der Waals surface area contributed by atoms with Crippen LogP contribution in [0.25, 0.3) is 0 Å². The highest BCUT2D eigenvalue weighted by atomic mass is 19.1. The van der Waals surface area contributed by atoms with Gasteiger partial charge in [0.15, 0.2) is 0 Å². The van der Waals surface area contributed by atoms with Crippen molar-refractivity contribution in [1.82, 2.24) is 15.1 Å². The molecule has 0 aromatic heterocycles. The molecule has 2 saturated heterocycles. The van der Waals surface area contributed by atoms with Gasteiger partial charge < -0.3 is 15.0 Å². The summed E-state index contributed by atoms with van der Waals surface area (Å²) in [5, 5.41) is 3.72. The Morgan fingerprint density at radius 1 is 1.12 bits per heavy atom. The molecular weight excluding hydrogens is 405 g/mol. The molecule has 6 heteroatoms. The van der Waals surface area contributed by atoms with Crippen LogP contribution in [-0.2, 0) is 16.0 Å². The number of hydrogen-bond acceptors (Lipinski definition) is 4. The maximum atomic E-state index is 13.8. The number of halogens is 1. The molecule has 1 amide bonds. The maximum absolute atomic E-state index is 13.8. The largest absolute Gasteiger partial charge is 0.367 e. The molecule has 2 aromatic rings. The van der Waals surface area contributed by atoms with Gasteiger partial charge in [-0.1, -0.05) is 36.4 Å². The fourth-order valence-electron chi connectivity index (χ4n) is 5.66. The smallest absolute Gasteiger partial charge is 0.252 e. The maximum Gasteiger partial charge on any atom is 0.252 e. The Bertz CT molecular complexity index is 981. The molecule has 6 atom stereocenters. The SMILES string of the molecule is C[C@@H]1[C@@H](C)N[C@H]2C[C@H](C(=O)N3CCc4ccccc4[C@@H]3c3ccc(F)cc3)OC[C@H]2N1C. The predicted molar refractivity (Wildman–Crippen MR) is 122 cm³/mol. The van der Waals surface area contributed by atoms with Crippen molar-refractivity contribution in [2.24, 2.45) is 0 Å². The van der Waals surface area contributed by atoms with E-state index in [0.717, 1.165) is 17.5 Å². The number of benzene rings is 2. The first-order valence-corrected chi connectivity index (χ1v) is 11.7. The van der Waals surface area contributed by atoms with Crippen LogP contribution in [0.15, 0.2) is 48.5 Å². The van der Waals surface area contributed by atoms with E-state index < -0.39 is 6.10 Å². The van der Waals surface area contributed by atoms with Crippen molar-refractivity contribution < 1.29 is 13.9 Å². The molecular formula is C26H32FN3O2. The lowest BCUT2D eigenvalue weighted by Crippen LogP contribution is -2.69. The number of hydrogen-bond donors (Lipinski definition) is 1. The summed E-state index contributed by atoms with van der Waals surface area (Å²) in [5.74, 6) is -0.240. The third-order valence-corrected chi connectivity index (χ3v) is 7.79. The number of rotatable bonds is 2. The Hall–Kier alpha value is -2.28. The van der Waals surface area contributed by atoms with Gasteiger partial charge in [0, 0.05) is 30.7 Å². The normalized spacial score (nSPS) is 32.8. The van der Waals surface area contributed by atoms with E-state index in [0.29, 0.717) is 31.7 Å². The fraction of sp³-hybridized carbons (Fsp3) is 0.500. The van der Waals surface area contributed by atoms with E-state index in [-0.39, 0.29) is 29.8 Å². The topological polar surface area (TPSA) is 44.8 Å². The van der Waals surface area contributed by atoms with E-state index in [1.807, 2.05) is 17.0 Å². The van der Waals surface area contributed by atoms with E-state index in [2.05, 4.69) is 43.2 Å².